The number of hydrogen-bond acceptors (Lipinski definition) is 5. The minimum atomic E-state index is -0.704. The second-order valence-corrected chi connectivity index (χ2v) is 6.73. The normalized spacial score (nSPS) is 10.4. The molecule has 1 aromatic heterocycles. The highest BCUT2D eigenvalue weighted by atomic mass is 35.5. The van der Waals surface area contributed by atoms with E-state index in [1.54, 1.807) is 19.9 Å². The number of rotatable bonds is 5. The number of nitrogens with one attached hydrogen (secondary N) is 1. The zero-order valence-electron chi connectivity index (χ0n) is 13.3. The van der Waals surface area contributed by atoms with Gasteiger partial charge in [0.05, 0.1) is 32.7 Å². The second kappa shape index (κ2) is 7.86. The van der Waals surface area contributed by atoms with Gasteiger partial charge in [-0.2, -0.15) is 0 Å². The summed E-state index contributed by atoms with van der Waals surface area (Å²) in [6, 6.07) is 4.64. The molecule has 0 atom stereocenters. The monoisotopic (exact) mass is 400 g/mol. The van der Waals surface area contributed by atoms with E-state index in [-0.39, 0.29) is 37.7 Å². The van der Waals surface area contributed by atoms with E-state index in [1.807, 2.05) is 0 Å². The maximum Gasteiger partial charge on any atom is 0.341 e. The van der Waals surface area contributed by atoms with Crippen molar-refractivity contribution in [1.29, 1.82) is 0 Å². The largest absolute Gasteiger partial charge is 0.462 e. The van der Waals surface area contributed by atoms with Crippen molar-refractivity contribution < 1.29 is 19.1 Å². The molecule has 132 valence electrons. The van der Waals surface area contributed by atoms with Crippen LogP contribution in [0.5, 0.6) is 0 Å². The summed E-state index contributed by atoms with van der Waals surface area (Å²) in [7, 11) is 0. The van der Waals surface area contributed by atoms with Crippen LogP contribution in [0.2, 0.25) is 10.0 Å². The molecule has 0 aliphatic rings. The van der Waals surface area contributed by atoms with Crippen LogP contribution >= 0.6 is 34.5 Å². The molecular formula is C16H14Cl2N2O4S. The number of primary amides is 1. The van der Waals surface area contributed by atoms with Crippen LogP contribution in [-0.2, 0) is 4.74 Å². The lowest BCUT2D eigenvalue weighted by Gasteiger charge is -2.09. The van der Waals surface area contributed by atoms with Crippen LogP contribution in [0.4, 0.5) is 5.00 Å². The molecular weight excluding hydrogens is 387 g/mol. The Balaban J connectivity index is 2.48. The Morgan fingerprint density at radius 2 is 1.80 bits per heavy atom. The van der Waals surface area contributed by atoms with Crippen LogP contribution in [0.25, 0.3) is 0 Å². The van der Waals surface area contributed by atoms with E-state index in [2.05, 4.69) is 5.32 Å². The molecule has 2 rings (SSSR count). The molecule has 25 heavy (non-hydrogen) atoms. The van der Waals surface area contributed by atoms with Crippen LogP contribution in [-0.4, -0.2) is 24.4 Å². The third kappa shape index (κ3) is 3.95. The van der Waals surface area contributed by atoms with Crippen LogP contribution < -0.4 is 11.1 Å². The fourth-order valence-corrected chi connectivity index (χ4v) is 3.78. The molecule has 1 aromatic carbocycles. The molecule has 2 aromatic rings. The van der Waals surface area contributed by atoms with Crippen molar-refractivity contribution in [3.8, 4) is 0 Å². The van der Waals surface area contributed by atoms with Crippen LogP contribution in [0.15, 0.2) is 18.2 Å². The summed E-state index contributed by atoms with van der Waals surface area (Å²) in [6.45, 7) is 3.35. The van der Waals surface area contributed by atoms with Crippen molar-refractivity contribution in [2.45, 2.75) is 13.8 Å². The molecule has 3 N–H and O–H groups in total. The molecule has 0 spiro atoms. The zero-order valence-corrected chi connectivity index (χ0v) is 15.6. The van der Waals surface area contributed by atoms with Crippen LogP contribution in [0, 0.1) is 6.92 Å². The van der Waals surface area contributed by atoms with E-state index >= 15 is 0 Å². The molecule has 0 saturated carbocycles. The Labute approximate surface area is 157 Å². The summed E-state index contributed by atoms with van der Waals surface area (Å²) in [4.78, 5) is 36.5. The van der Waals surface area contributed by atoms with Crippen molar-refractivity contribution in [2.24, 2.45) is 5.73 Å². The number of nitrogens with two attached hydrogens (primary N) is 1. The maximum atomic E-state index is 12.5. The number of hydrogen-bond donors (Lipinski definition) is 2. The predicted octanol–water partition coefficient (Wildman–Crippen LogP) is 3.89. The first-order valence-electron chi connectivity index (χ1n) is 7.13. The number of ether oxygens (including phenoxy) is 1. The van der Waals surface area contributed by atoms with Crippen LogP contribution in [0.1, 0.15) is 42.9 Å². The number of halogens is 2. The molecule has 1 heterocycles. The van der Waals surface area contributed by atoms with Gasteiger partial charge in [0.2, 0.25) is 0 Å². The lowest BCUT2D eigenvalue weighted by atomic mass is 10.1. The Kier molecular flexibility index (Phi) is 6.05. The predicted molar refractivity (Wildman–Crippen MR) is 97.9 cm³/mol. The Bertz CT molecular complexity index is 844. The van der Waals surface area contributed by atoms with Gasteiger partial charge in [-0.25, -0.2) is 4.79 Å². The first-order chi connectivity index (χ1) is 11.8. The lowest BCUT2D eigenvalue weighted by molar-refractivity contribution is 0.0527. The smallest absolute Gasteiger partial charge is 0.341 e. The number of carbonyl (C=O) groups is 3. The summed E-state index contributed by atoms with van der Waals surface area (Å²) in [5.41, 5.74) is 5.81. The first-order valence-corrected chi connectivity index (χ1v) is 8.70. The number of amides is 2. The van der Waals surface area contributed by atoms with Crippen LogP contribution in [0.3, 0.4) is 0 Å². The standard InChI is InChI=1S/C16H14Cl2N2O4S/c1-3-24-16(23)10-7(2)12(13(19)21)25-15(10)20-14(22)11-8(17)5-4-6-9(11)18/h4-6H,3H2,1-2H3,(H2,19,21)(H,20,22). The highest BCUT2D eigenvalue weighted by Crippen LogP contribution is 2.35. The van der Waals surface area contributed by atoms with Gasteiger partial charge >= 0.3 is 5.97 Å². The van der Waals surface area contributed by atoms with Gasteiger partial charge in [-0.1, -0.05) is 29.3 Å². The fourth-order valence-electron chi connectivity index (χ4n) is 2.17. The molecule has 2 amide bonds. The molecule has 0 aliphatic carbocycles. The molecule has 0 bridgehead atoms. The van der Waals surface area contributed by atoms with E-state index in [9.17, 15) is 14.4 Å². The Hall–Kier alpha value is -2.09. The van der Waals surface area contributed by atoms with Crippen molar-refractivity contribution >= 4 is 57.3 Å². The number of carbonyl (C=O) groups excluding carboxylic acids is 3. The molecule has 0 aliphatic heterocycles. The van der Waals surface area contributed by atoms with E-state index in [4.69, 9.17) is 33.7 Å². The summed E-state index contributed by atoms with van der Waals surface area (Å²) in [6.07, 6.45) is 0. The van der Waals surface area contributed by atoms with Crippen molar-refractivity contribution in [3.63, 3.8) is 0 Å². The summed E-state index contributed by atoms with van der Waals surface area (Å²) >= 11 is 12.9. The maximum absolute atomic E-state index is 12.5. The first kappa shape index (κ1) is 19.2. The van der Waals surface area contributed by atoms with Gasteiger partial charge in [0.15, 0.2) is 0 Å². The Morgan fingerprint density at radius 1 is 1.20 bits per heavy atom. The molecule has 0 saturated heterocycles. The second-order valence-electron chi connectivity index (χ2n) is 4.90. The number of benzene rings is 1. The van der Waals surface area contributed by atoms with E-state index in [1.165, 1.54) is 12.1 Å². The SMILES string of the molecule is CCOC(=O)c1c(NC(=O)c2c(Cl)cccc2Cl)sc(C(N)=O)c1C. The van der Waals surface area contributed by atoms with Gasteiger partial charge in [-0.3, -0.25) is 9.59 Å². The third-order valence-corrected chi connectivity index (χ3v) is 5.12. The van der Waals surface area contributed by atoms with Gasteiger partial charge in [0, 0.05) is 0 Å². The molecule has 0 radical (unpaired) electrons. The summed E-state index contributed by atoms with van der Waals surface area (Å²) in [5.74, 6) is -1.98. The average molecular weight is 401 g/mol. The van der Waals surface area contributed by atoms with E-state index < -0.39 is 17.8 Å². The molecule has 9 heteroatoms. The topological polar surface area (TPSA) is 98.5 Å². The van der Waals surface area contributed by atoms with Gasteiger partial charge in [-0.05, 0) is 31.5 Å². The van der Waals surface area contributed by atoms with Crippen molar-refractivity contribution in [3.05, 3.63) is 49.8 Å². The number of anilines is 1. The highest BCUT2D eigenvalue weighted by Gasteiger charge is 2.26. The van der Waals surface area contributed by atoms with Crippen molar-refractivity contribution in [2.75, 3.05) is 11.9 Å². The van der Waals surface area contributed by atoms with Gasteiger partial charge < -0.3 is 15.8 Å². The molecule has 0 unspecified atom stereocenters. The highest BCUT2D eigenvalue weighted by molar-refractivity contribution is 7.18. The molecule has 0 fully saturated rings. The molecule has 6 nitrogen and oxygen atoms in total. The minimum Gasteiger partial charge on any atom is -0.462 e. The van der Waals surface area contributed by atoms with Gasteiger partial charge in [0.25, 0.3) is 11.8 Å². The lowest BCUT2D eigenvalue weighted by Crippen LogP contribution is -2.16. The van der Waals surface area contributed by atoms with Crippen molar-refractivity contribution in [1.82, 2.24) is 0 Å². The van der Waals surface area contributed by atoms with E-state index in [0.717, 1.165) is 11.3 Å². The number of esters is 1. The summed E-state index contributed by atoms with van der Waals surface area (Å²) in [5, 5.41) is 3.03. The quantitative estimate of drug-likeness (QED) is 0.743. The fraction of sp³-hybridized carbons (Fsp3) is 0.188. The Morgan fingerprint density at radius 3 is 2.32 bits per heavy atom. The summed E-state index contributed by atoms with van der Waals surface area (Å²) < 4.78 is 4.99. The van der Waals surface area contributed by atoms with Gasteiger partial charge in [0.1, 0.15) is 5.00 Å². The average Bonchev–Trinajstić information content (AvgIpc) is 2.84. The zero-order chi connectivity index (χ0) is 18.7. The third-order valence-electron chi connectivity index (χ3n) is 3.27. The minimum absolute atomic E-state index is 0.0623. The van der Waals surface area contributed by atoms with E-state index in [0.29, 0.717) is 5.56 Å². The van der Waals surface area contributed by atoms with Gasteiger partial charge in [-0.15, -0.1) is 11.3 Å². The number of thiophene rings is 1.